The van der Waals surface area contributed by atoms with E-state index in [0.29, 0.717) is 12.1 Å². The van der Waals surface area contributed by atoms with E-state index < -0.39 is 6.04 Å². The number of fused-ring (bicyclic) bond motifs is 1. The number of carbonyl (C=O) groups excluding carboxylic acids is 2. The van der Waals surface area contributed by atoms with Crippen LogP contribution in [0.1, 0.15) is 40.0 Å². The molecule has 160 valence electrons. The highest BCUT2D eigenvalue weighted by molar-refractivity contribution is 6.04. The molecular formula is C28H26N2O2. The molecule has 32 heavy (non-hydrogen) atoms. The molecule has 1 heterocycles. The molecule has 4 heteroatoms. The molecule has 1 amide bonds. The Labute approximate surface area is 188 Å². The van der Waals surface area contributed by atoms with Gasteiger partial charge in [-0.15, -0.1) is 0 Å². The highest BCUT2D eigenvalue weighted by Gasteiger charge is 2.19. The van der Waals surface area contributed by atoms with E-state index in [1.54, 1.807) is 6.20 Å². The number of hydrogen-bond donors (Lipinski definition) is 1. The first-order valence-corrected chi connectivity index (χ1v) is 10.8. The Hall–Kier alpha value is -3.92. The first-order chi connectivity index (χ1) is 15.7. The second-order valence-electron chi connectivity index (χ2n) is 7.80. The van der Waals surface area contributed by atoms with Crippen LogP contribution in [0.25, 0.3) is 23.1 Å². The monoisotopic (exact) mass is 422 g/mol. The van der Waals surface area contributed by atoms with Crippen molar-refractivity contribution in [3.05, 3.63) is 107 Å². The summed E-state index contributed by atoms with van der Waals surface area (Å²) in [6.45, 7) is 2.43. The molecule has 0 spiro atoms. The molecule has 0 aliphatic heterocycles. The lowest BCUT2D eigenvalue weighted by atomic mass is 10.1. The minimum atomic E-state index is -0.435. The average Bonchev–Trinajstić information content (AvgIpc) is 3.23. The Morgan fingerprint density at radius 3 is 2.34 bits per heavy atom. The van der Waals surface area contributed by atoms with Gasteiger partial charge in [0.25, 0.3) is 0 Å². The fourth-order valence-corrected chi connectivity index (χ4v) is 3.92. The summed E-state index contributed by atoms with van der Waals surface area (Å²) in [7, 11) is 0. The number of hydrogen-bond acceptors (Lipinski definition) is 2. The van der Waals surface area contributed by atoms with Gasteiger partial charge in [-0.2, -0.15) is 0 Å². The van der Waals surface area contributed by atoms with Crippen LogP contribution in [0.15, 0.2) is 85.1 Å². The molecule has 0 aliphatic rings. The predicted molar refractivity (Wildman–Crippen MR) is 131 cm³/mol. The average molecular weight is 423 g/mol. The molecular weight excluding hydrogens is 396 g/mol. The van der Waals surface area contributed by atoms with Gasteiger partial charge in [-0.1, -0.05) is 84.9 Å². The zero-order valence-corrected chi connectivity index (χ0v) is 18.1. The van der Waals surface area contributed by atoms with E-state index in [1.807, 2.05) is 90.4 Å². The number of aromatic nitrogens is 1. The van der Waals surface area contributed by atoms with E-state index in [-0.39, 0.29) is 5.91 Å². The first-order valence-electron chi connectivity index (χ1n) is 10.8. The topological polar surface area (TPSA) is 51.1 Å². The van der Waals surface area contributed by atoms with Gasteiger partial charge in [-0.25, -0.2) is 0 Å². The summed E-state index contributed by atoms with van der Waals surface area (Å²) in [4.78, 5) is 24.7. The third-order valence-electron chi connectivity index (χ3n) is 5.65. The van der Waals surface area contributed by atoms with Crippen LogP contribution in [0.2, 0.25) is 0 Å². The van der Waals surface area contributed by atoms with Gasteiger partial charge >= 0.3 is 0 Å². The van der Waals surface area contributed by atoms with Crippen molar-refractivity contribution in [3.63, 3.8) is 0 Å². The molecule has 4 rings (SSSR count). The molecule has 1 aromatic heterocycles. The zero-order chi connectivity index (χ0) is 22.3. The summed E-state index contributed by atoms with van der Waals surface area (Å²) in [6.07, 6.45) is 7.46. The number of aldehydes is 1. The van der Waals surface area contributed by atoms with Crippen LogP contribution in [0, 0.1) is 0 Å². The fraction of sp³-hybridized carbons (Fsp3) is 0.143. The summed E-state index contributed by atoms with van der Waals surface area (Å²) in [5, 5.41) is 3.88. The van der Waals surface area contributed by atoms with Crippen molar-refractivity contribution >= 4 is 35.2 Å². The van der Waals surface area contributed by atoms with E-state index >= 15 is 0 Å². The summed E-state index contributed by atoms with van der Waals surface area (Å²) in [5.41, 5.74) is 4.67. The molecule has 0 aliphatic carbocycles. The van der Waals surface area contributed by atoms with Crippen LogP contribution in [-0.2, 0) is 11.2 Å². The standard InChI is InChI=1S/C28H26N2O2/c1-21(28(32)29-18-17-23-11-6-3-7-12-23)30-19-25(20-31)27-24(13-8-14-26(27)30)16-15-22-9-4-2-5-10-22/h2-16,19-21H,17-18H2,1H3,(H,29,32). The largest absolute Gasteiger partial charge is 0.354 e. The number of nitrogens with zero attached hydrogens (tertiary/aromatic N) is 1. The first kappa shape index (κ1) is 21.3. The number of amides is 1. The van der Waals surface area contributed by atoms with Crippen molar-refractivity contribution in [2.45, 2.75) is 19.4 Å². The summed E-state index contributed by atoms with van der Waals surface area (Å²) >= 11 is 0. The van der Waals surface area contributed by atoms with Gasteiger partial charge in [0.05, 0.1) is 5.52 Å². The van der Waals surface area contributed by atoms with Crippen LogP contribution >= 0.6 is 0 Å². The van der Waals surface area contributed by atoms with Crippen LogP contribution < -0.4 is 5.32 Å². The van der Waals surface area contributed by atoms with Gasteiger partial charge in [0.15, 0.2) is 6.29 Å². The van der Waals surface area contributed by atoms with Crippen molar-refractivity contribution in [1.82, 2.24) is 9.88 Å². The van der Waals surface area contributed by atoms with E-state index in [1.165, 1.54) is 5.56 Å². The van der Waals surface area contributed by atoms with Crippen molar-refractivity contribution < 1.29 is 9.59 Å². The molecule has 0 bridgehead atoms. The lowest BCUT2D eigenvalue weighted by Crippen LogP contribution is -2.32. The maximum Gasteiger partial charge on any atom is 0.242 e. The SMILES string of the molecule is CC(C(=O)NCCc1ccccc1)n1cc(C=O)c2c(C=Cc3ccccc3)cccc21. The molecule has 4 aromatic rings. The van der Waals surface area contributed by atoms with Crippen molar-refractivity contribution in [2.75, 3.05) is 6.54 Å². The Bertz CT molecular complexity index is 1240. The Morgan fingerprint density at radius 1 is 0.906 bits per heavy atom. The highest BCUT2D eigenvalue weighted by atomic mass is 16.2. The molecule has 0 saturated heterocycles. The zero-order valence-electron chi connectivity index (χ0n) is 18.1. The molecule has 0 fully saturated rings. The van der Waals surface area contributed by atoms with Crippen LogP contribution in [-0.4, -0.2) is 23.3 Å². The minimum Gasteiger partial charge on any atom is -0.354 e. The van der Waals surface area contributed by atoms with Crippen LogP contribution in [0.5, 0.6) is 0 Å². The summed E-state index contributed by atoms with van der Waals surface area (Å²) in [6, 6.07) is 25.6. The normalized spacial score (nSPS) is 12.2. The third-order valence-corrected chi connectivity index (χ3v) is 5.65. The summed E-state index contributed by atoms with van der Waals surface area (Å²) < 4.78 is 1.89. The van der Waals surface area contributed by atoms with Gasteiger partial charge in [0, 0.05) is 23.7 Å². The number of carbonyl (C=O) groups is 2. The van der Waals surface area contributed by atoms with Gasteiger partial charge in [-0.05, 0) is 36.1 Å². The van der Waals surface area contributed by atoms with Crippen molar-refractivity contribution in [3.8, 4) is 0 Å². The number of nitrogens with one attached hydrogen (secondary N) is 1. The minimum absolute atomic E-state index is 0.0690. The number of rotatable bonds is 8. The highest BCUT2D eigenvalue weighted by Crippen LogP contribution is 2.28. The molecule has 1 unspecified atom stereocenters. The van der Waals surface area contributed by atoms with Crippen molar-refractivity contribution in [2.24, 2.45) is 0 Å². The van der Waals surface area contributed by atoms with E-state index in [4.69, 9.17) is 0 Å². The molecule has 0 radical (unpaired) electrons. The van der Waals surface area contributed by atoms with Gasteiger partial charge < -0.3 is 9.88 Å². The molecule has 3 aromatic carbocycles. The van der Waals surface area contributed by atoms with E-state index in [2.05, 4.69) is 17.4 Å². The van der Waals surface area contributed by atoms with E-state index in [0.717, 1.165) is 34.7 Å². The Kier molecular flexibility index (Phi) is 6.61. The van der Waals surface area contributed by atoms with Gasteiger partial charge in [0.2, 0.25) is 5.91 Å². The second kappa shape index (κ2) is 9.92. The maximum atomic E-state index is 12.8. The van der Waals surface area contributed by atoms with Crippen LogP contribution in [0.4, 0.5) is 0 Å². The Morgan fingerprint density at radius 2 is 1.62 bits per heavy atom. The molecule has 4 nitrogen and oxygen atoms in total. The molecule has 0 saturated carbocycles. The van der Waals surface area contributed by atoms with Gasteiger partial charge in [0.1, 0.15) is 6.04 Å². The predicted octanol–water partition coefficient (Wildman–Crippen LogP) is 5.54. The lowest BCUT2D eigenvalue weighted by molar-refractivity contribution is -0.123. The second-order valence-corrected chi connectivity index (χ2v) is 7.80. The lowest BCUT2D eigenvalue weighted by Gasteiger charge is -2.15. The van der Waals surface area contributed by atoms with Crippen LogP contribution in [0.3, 0.4) is 0 Å². The van der Waals surface area contributed by atoms with Crippen molar-refractivity contribution in [1.29, 1.82) is 0 Å². The molecule has 1 N–H and O–H groups in total. The quantitative estimate of drug-likeness (QED) is 0.299. The van der Waals surface area contributed by atoms with Gasteiger partial charge in [-0.3, -0.25) is 9.59 Å². The summed E-state index contributed by atoms with van der Waals surface area (Å²) in [5.74, 6) is -0.0690. The fourth-order valence-electron chi connectivity index (χ4n) is 3.92. The Balaban J connectivity index is 1.56. The number of benzene rings is 3. The third kappa shape index (κ3) is 4.70. The maximum absolute atomic E-state index is 12.8. The smallest absolute Gasteiger partial charge is 0.242 e. The molecule has 1 atom stereocenters. The van der Waals surface area contributed by atoms with E-state index in [9.17, 15) is 9.59 Å².